The zero-order valence-electron chi connectivity index (χ0n) is 43.6. The lowest BCUT2D eigenvalue weighted by atomic mass is 9.89. The van der Waals surface area contributed by atoms with Crippen molar-refractivity contribution in [3.05, 3.63) is 110 Å². The number of nitrogens with zero attached hydrogens (tertiary/aromatic N) is 5. The number of aryl methyl sites for hydroxylation is 2. The Kier molecular flexibility index (Phi) is 15.8. The van der Waals surface area contributed by atoms with E-state index in [9.17, 15) is 28.8 Å². The zero-order chi connectivity index (χ0) is 52.3. The largest absolute Gasteiger partial charge is 0.444 e. The van der Waals surface area contributed by atoms with Gasteiger partial charge in [0.2, 0.25) is 17.7 Å². The molecule has 0 saturated carbocycles. The van der Waals surface area contributed by atoms with E-state index in [0.29, 0.717) is 56.0 Å². The van der Waals surface area contributed by atoms with Crippen LogP contribution >= 0.6 is 11.3 Å². The van der Waals surface area contributed by atoms with Crippen LogP contribution in [0.25, 0.3) is 21.5 Å². The van der Waals surface area contributed by atoms with Crippen molar-refractivity contribution >= 4 is 57.8 Å². The number of anilines is 1. The van der Waals surface area contributed by atoms with Crippen LogP contribution in [0.1, 0.15) is 136 Å². The summed E-state index contributed by atoms with van der Waals surface area (Å²) >= 11 is 1.68. The number of rotatable bonds is 13. The second-order valence-corrected chi connectivity index (χ2v) is 22.6. The van der Waals surface area contributed by atoms with Crippen LogP contribution in [-0.2, 0) is 26.2 Å². The molecule has 15 nitrogen and oxygen atoms in total. The number of imidazole rings is 1. The number of carbonyl (C=O) groups is 5. The molecule has 1 unspecified atom stereocenters. The Labute approximate surface area is 438 Å². The predicted molar refractivity (Wildman–Crippen MR) is 289 cm³/mol. The number of fused-ring (bicyclic) bond motifs is 1. The van der Waals surface area contributed by atoms with Crippen molar-refractivity contribution in [2.75, 3.05) is 51.1 Å². The van der Waals surface area contributed by atoms with E-state index in [2.05, 4.69) is 68.4 Å². The highest BCUT2D eigenvalue weighted by Crippen LogP contribution is 2.34. The fourth-order valence-electron chi connectivity index (χ4n) is 10.7. The molecule has 390 valence electrons. The van der Waals surface area contributed by atoms with Crippen molar-refractivity contribution in [2.45, 2.75) is 122 Å². The lowest BCUT2D eigenvalue weighted by Crippen LogP contribution is -2.57. The van der Waals surface area contributed by atoms with Crippen molar-refractivity contribution < 1.29 is 28.7 Å². The van der Waals surface area contributed by atoms with Gasteiger partial charge in [-0.1, -0.05) is 36.1 Å². The summed E-state index contributed by atoms with van der Waals surface area (Å²) in [6.07, 6.45) is 6.31. The van der Waals surface area contributed by atoms with Crippen LogP contribution < -0.4 is 21.6 Å². The minimum atomic E-state index is -0.710. The summed E-state index contributed by atoms with van der Waals surface area (Å²) in [5.41, 5.74) is 7.13. The SMILES string of the molecule is Cc1ccc(NC2CN(C(=O)OC(C)(C)C)C2)cc1C(=O)N[C@@H](C)c1ccc(C#CC2CCN(CCCCC(=O)N3CCC(c4ccc5c(c4)n(C)c(=O)n5C4CCC(=O)NC4=O)CC3)CC2)c(-c2cccs2)c1. The first-order valence-electron chi connectivity index (χ1n) is 26.4. The normalized spacial score (nSPS) is 18.6. The fraction of sp³-hybridized carbons (Fsp3) is 0.483. The van der Waals surface area contributed by atoms with E-state index >= 15 is 0 Å². The average Bonchev–Trinajstić information content (AvgIpc) is 3.99. The van der Waals surface area contributed by atoms with Crippen molar-refractivity contribution in [3.8, 4) is 22.3 Å². The van der Waals surface area contributed by atoms with E-state index in [0.717, 1.165) is 102 Å². The summed E-state index contributed by atoms with van der Waals surface area (Å²) in [7, 11) is 1.72. The number of unbranched alkanes of at least 4 members (excludes halogenated alkanes) is 1. The van der Waals surface area contributed by atoms with Crippen LogP contribution in [0.3, 0.4) is 0 Å². The number of amides is 5. The number of likely N-dealkylation sites (tertiary alicyclic amines) is 3. The second-order valence-electron chi connectivity index (χ2n) is 21.7. The third-order valence-electron chi connectivity index (χ3n) is 15.1. The number of thiophene rings is 1. The molecule has 0 bridgehead atoms. The molecule has 3 N–H and O–H groups in total. The molecule has 4 fully saturated rings. The Morgan fingerprint density at radius 2 is 1.65 bits per heavy atom. The Hall–Kier alpha value is -6.70. The Bertz CT molecular complexity index is 3030. The number of benzene rings is 3. The highest BCUT2D eigenvalue weighted by Gasteiger charge is 2.35. The smallest absolute Gasteiger partial charge is 0.410 e. The van der Waals surface area contributed by atoms with Gasteiger partial charge < -0.3 is 30.1 Å². The first kappa shape index (κ1) is 52.2. The van der Waals surface area contributed by atoms with Gasteiger partial charge in [-0.3, -0.25) is 33.6 Å². The van der Waals surface area contributed by atoms with Crippen LogP contribution in [0.2, 0.25) is 0 Å². The van der Waals surface area contributed by atoms with Crippen LogP contribution in [-0.4, -0.2) is 111 Å². The highest BCUT2D eigenvalue weighted by molar-refractivity contribution is 7.13. The lowest BCUT2D eigenvalue weighted by molar-refractivity contribution is -0.136. The van der Waals surface area contributed by atoms with Crippen molar-refractivity contribution in [1.82, 2.24) is 34.5 Å². The summed E-state index contributed by atoms with van der Waals surface area (Å²) in [5, 5.41) is 11.1. The van der Waals surface area contributed by atoms with E-state index in [-0.39, 0.29) is 53.9 Å². The van der Waals surface area contributed by atoms with Crippen LogP contribution in [0.15, 0.2) is 76.9 Å². The summed E-state index contributed by atoms with van der Waals surface area (Å²) < 4.78 is 8.59. The Balaban J connectivity index is 0.712. The third-order valence-corrected chi connectivity index (χ3v) is 16.0. The van der Waals surface area contributed by atoms with E-state index < -0.39 is 17.6 Å². The number of piperidine rings is 3. The first-order valence-corrected chi connectivity index (χ1v) is 27.3. The summed E-state index contributed by atoms with van der Waals surface area (Å²) in [6, 6.07) is 21.4. The molecule has 0 radical (unpaired) electrons. The molecule has 2 atom stereocenters. The molecule has 2 aromatic heterocycles. The van der Waals surface area contributed by atoms with E-state index in [1.807, 2.05) is 75.9 Å². The Morgan fingerprint density at radius 1 is 0.878 bits per heavy atom. The highest BCUT2D eigenvalue weighted by atomic mass is 32.1. The number of hydrogen-bond acceptors (Lipinski definition) is 10. The molecule has 3 aromatic carbocycles. The molecule has 6 heterocycles. The van der Waals surface area contributed by atoms with E-state index in [1.54, 1.807) is 27.9 Å². The van der Waals surface area contributed by atoms with Crippen molar-refractivity contribution in [1.29, 1.82) is 0 Å². The molecular formula is C58H70N8O7S. The second kappa shape index (κ2) is 22.4. The monoisotopic (exact) mass is 1020 g/mol. The zero-order valence-corrected chi connectivity index (χ0v) is 44.4. The quantitative estimate of drug-likeness (QED) is 0.0595. The predicted octanol–water partition coefficient (Wildman–Crippen LogP) is 8.52. The average molecular weight is 1020 g/mol. The molecule has 5 amide bonds. The van der Waals surface area contributed by atoms with Gasteiger partial charge in [-0.15, -0.1) is 11.3 Å². The number of aromatic nitrogens is 2. The minimum Gasteiger partial charge on any atom is -0.444 e. The van der Waals surface area contributed by atoms with Crippen LogP contribution in [0.4, 0.5) is 10.5 Å². The lowest BCUT2D eigenvalue weighted by Gasteiger charge is -2.40. The molecule has 4 aliphatic heterocycles. The molecule has 9 rings (SSSR count). The number of imide groups is 1. The van der Waals surface area contributed by atoms with Gasteiger partial charge in [0, 0.05) is 79.2 Å². The van der Waals surface area contributed by atoms with E-state index in [1.165, 1.54) is 4.57 Å². The summed E-state index contributed by atoms with van der Waals surface area (Å²) in [6.45, 7) is 15.0. The molecule has 74 heavy (non-hydrogen) atoms. The minimum absolute atomic E-state index is 0.0742. The van der Waals surface area contributed by atoms with Gasteiger partial charge in [-0.05, 0) is 170 Å². The first-order chi connectivity index (χ1) is 35.5. The van der Waals surface area contributed by atoms with Crippen molar-refractivity contribution in [3.63, 3.8) is 0 Å². The van der Waals surface area contributed by atoms with Gasteiger partial charge in [-0.2, -0.15) is 0 Å². The number of carbonyl (C=O) groups excluding carboxylic acids is 5. The summed E-state index contributed by atoms with van der Waals surface area (Å²) in [5.74, 6) is 7.06. The van der Waals surface area contributed by atoms with E-state index in [4.69, 9.17) is 4.74 Å². The molecule has 4 aliphatic rings. The molecule has 0 spiro atoms. The van der Waals surface area contributed by atoms with Gasteiger partial charge >= 0.3 is 11.8 Å². The van der Waals surface area contributed by atoms with Crippen molar-refractivity contribution in [2.24, 2.45) is 13.0 Å². The van der Waals surface area contributed by atoms with Gasteiger partial charge in [-0.25, -0.2) is 9.59 Å². The number of hydrogen-bond donors (Lipinski definition) is 3. The van der Waals surface area contributed by atoms with Crippen LogP contribution in [0.5, 0.6) is 0 Å². The van der Waals surface area contributed by atoms with Crippen LogP contribution in [0, 0.1) is 24.7 Å². The maximum absolute atomic E-state index is 13.7. The number of nitrogens with one attached hydrogen (secondary N) is 3. The maximum atomic E-state index is 13.7. The van der Waals surface area contributed by atoms with Gasteiger partial charge in [0.25, 0.3) is 5.91 Å². The third kappa shape index (κ3) is 12.1. The molecule has 16 heteroatoms. The van der Waals surface area contributed by atoms with Gasteiger partial charge in [0.05, 0.1) is 23.1 Å². The number of ether oxygens (including phenoxy) is 1. The van der Waals surface area contributed by atoms with Gasteiger partial charge in [0.1, 0.15) is 11.6 Å². The fourth-order valence-corrected chi connectivity index (χ4v) is 11.5. The maximum Gasteiger partial charge on any atom is 0.410 e. The molecule has 5 aromatic rings. The summed E-state index contributed by atoms with van der Waals surface area (Å²) in [4.78, 5) is 84.4. The molecular weight excluding hydrogens is 953 g/mol. The Morgan fingerprint density at radius 3 is 2.36 bits per heavy atom. The molecule has 4 saturated heterocycles. The topological polar surface area (TPSA) is 167 Å². The molecule has 0 aliphatic carbocycles. The standard InChI is InChI=1S/C58H70N8O7S/c1-37-12-18-44(60-45-35-65(36-45)57(72)73-58(3,4)5)34-46(37)54(69)59-38(2)42-16-15-41(47(32-42)51-10-9-31-74-51)14-13-39-22-27-63(28-23-39)26-8-7-11-53(68)64-29-24-40(25-30-64)43-17-19-48-50(33-43)62(6)56(71)66(48)49-20-21-52(67)61-55(49)70/h9-10,12,15-19,31-34,38-40,45,49,60H,7-8,11,20-30,35-36H2,1-6H3,(H,59,69)(H,61,67,70)/t38-,49?/m0/s1. The van der Waals surface area contributed by atoms with Gasteiger partial charge in [0.15, 0.2) is 0 Å².